The quantitative estimate of drug-likeness (QED) is 0.661. The minimum Gasteiger partial charge on any atom is -0.338 e. The van der Waals surface area contributed by atoms with Crippen molar-refractivity contribution in [3.63, 3.8) is 0 Å². The standard InChI is InChI=1S/C19H26N6O4S/c26-18(20-10-3-12-24-19(27)23-11-2-1-5-17(23)22-24)21-15-6-8-16(9-7-15)25-13-4-14-30(25,28)29/h6-9H,1-5,10-14H2,(H2,20,21,26). The monoisotopic (exact) mass is 434 g/mol. The summed E-state index contributed by atoms with van der Waals surface area (Å²) in [7, 11) is -3.22. The zero-order chi connectivity index (χ0) is 21.1. The molecule has 0 bridgehead atoms. The Morgan fingerprint density at radius 2 is 1.90 bits per heavy atom. The molecule has 0 saturated carbocycles. The van der Waals surface area contributed by atoms with Crippen molar-refractivity contribution >= 4 is 27.4 Å². The summed E-state index contributed by atoms with van der Waals surface area (Å²) in [6.07, 6.45) is 4.13. The molecule has 0 unspecified atom stereocenters. The normalized spacial score (nSPS) is 17.5. The summed E-state index contributed by atoms with van der Waals surface area (Å²) in [6, 6.07) is 6.38. The van der Waals surface area contributed by atoms with Gasteiger partial charge in [-0.15, -0.1) is 0 Å². The van der Waals surface area contributed by atoms with Gasteiger partial charge in [-0.1, -0.05) is 0 Å². The number of nitrogens with zero attached hydrogens (tertiary/aromatic N) is 4. The second-order valence-corrected chi connectivity index (χ2v) is 9.57. The van der Waals surface area contributed by atoms with Gasteiger partial charge in [-0.05, 0) is 49.9 Å². The molecule has 1 aromatic heterocycles. The smallest absolute Gasteiger partial charge is 0.338 e. The first kappa shape index (κ1) is 20.5. The molecule has 1 aromatic carbocycles. The van der Waals surface area contributed by atoms with Crippen molar-refractivity contribution in [1.29, 1.82) is 0 Å². The Balaban J connectivity index is 1.23. The van der Waals surface area contributed by atoms with Crippen LogP contribution in [0.2, 0.25) is 0 Å². The highest BCUT2D eigenvalue weighted by molar-refractivity contribution is 7.93. The van der Waals surface area contributed by atoms with Crippen LogP contribution in [-0.2, 0) is 29.5 Å². The second-order valence-electron chi connectivity index (χ2n) is 7.55. The van der Waals surface area contributed by atoms with E-state index in [4.69, 9.17) is 0 Å². The number of fused-ring (bicyclic) bond motifs is 1. The van der Waals surface area contributed by atoms with E-state index in [0.29, 0.717) is 43.9 Å². The fraction of sp³-hybridized carbons (Fsp3) is 0.526. The lowest BCUT2D eigenvalue weighted by atomic mass is 10.2. The Morgan fingerprint density at radius 1 is 1.10 bits per heavy atom. The van der Waals surface area contributed by atoms with Crippen molar-refractivity contribution in [2.45, 2.75) is 45.2 Å². The zero-order valence-corrected chi connectivity index (χ0v) is 17.5. The maximum absolute atomic E-state index is 12.3. The molecule has 1 saturated heterocycles. The lowest BCUT2D eigenvalue weighted by molar-refractivity contribution is 0.251. The lowest BCUT2D eigenvalue weighted by Gasteiger charge is -2.17. The lowest BCUT2D eigenvalue weighted by Crippen LogP contribution is -2.31. The third kappa shape index (κ3) is 4.35. The molecule has 1 fully saturated rings. The van der Waals surface area contributed by atoms with E-state index in [1.165, 1.54) is 8.99 Å². The molecule has 0 aliphatic carbocycles. The number of carbonyl (C=O) groups excluding carboxylic acids is 1. The van der Waals surface area contributed by atoms with Crippen molar-refractivity contribution in [2.75, 3.05) is 28.5 Å². The van der Waals surface area contributed by atoms with E-state index in [1.54, 1.807) is 28.8 Å². The van der Waals surface area contributed by atoms with Gasteiger partial charge in [-0.25, -0.2) is 22.7 Å². The van der Waals surface area contributed by atoms with Gasteiger partial charge in [0.25, 0.3) is 0 Å². The minimum atomic E-state index is -3.22. The number of benzene rings is 1. The van der Waals surface area contributed by atoms with Gasteiger partial charge >= 0.3 is 11.7 Å². The van der Waals surface area contributed by atoms with E-state index in [1.807, 2.05) is 0 Å². The third-order valence-corrected chi connectivity index (χ3v) is 7.25. The molecule has 4 rings (SSSR count). The first-order valence-electron chi connectivity index (χ1n) is 10.3. The van der Waals surface area contributed by atoms with Gasteiger partial charge in [-0.3, -0.25) is 8.87 Å². The van der Waals surface area contributed by atoms with Gasteiger partial charge in [0.15, 0.2) is 0 Å². The van der Waals surface area contributed by atoms with E-state index in [-0.39, 0.29) is 17.5 Å². The van der Waals surface area contributed by atoms with Crippen LogP contribution < -0.4 is 20.6 Å². The number of hydrogen-bond acceptors (Lipinski definition) is 5. The first-order valence-corrected chi connectivity index (χ1v) is 11.9. The Morgan fingerprint density at radius 3 is 2.60 bits per heavy atom. The van der Waals surface area contributed by atoms with Crippen LogP contribution in [0.1, 0.15) is 31.5 Å². The number of hydrogen-bond donors (Lipinski definition) is 2. The molecule has 11 heteroatoms. The fourth-order valence-corrected chi connectivity index (χ4v) is 5.41. The average Bonchev–Trinajstić information content (AvgIpc) is 3.25. The molecule has 0 radical (unpaired) electrons. The summed E-state index contributed by atoms with van der Waals surface area (Å²) in [5.41, 5.74) is 1.10. The molecule has 2 N–H and O–H groups in total. The molecule has 162 valence electrons. The molecule has 30 heavy (non-hydrogen) atoms. The van der Waals surface area contributed by atoms with Crippen LogP contribution in [-0.4, -0.2) is 47.6 Å². The summed E-state index contributed by atoms with van der Waals surface area (Å²) in [6.45, 7) is 2.08. The Labute approximate surface area is 174 Å². The second kappa shape index (κ2) is 8.50. The topological polar surface area (TPSA) is 118 Å². The van der Waals surface area contributed by atoms with Crippen molar-refractivity contribution in [3.05, 3.63) is 40.6 Å². The van der Waals surface area contributed by atoms with Crippen molar-refractivity contribution in [2.24, 2.45) is 0 Å². The molecule has 0 spiro atoms. The molecule has 0 atom stereocenters. The number of aryl methyl sites for hydroxylation is 2. The number of nitrogens with one attached hydrogen (secondary N) is 2. The molecule has 2 aliphatic rings. The minimum absolute atomic E-state index is 0.0748. The first-order chi connectivity index (χ1) is 14.4. The van der Waals surface area contributed by atoms with Gasteiger partial charge in [0.1, 0.15) is 5.82 Å². The largest absolute Gasteiger partial charge is 0.345 e. The Bertz CT molecular complexity index is 1070. The Hall–Kier alpha value is -2.82. The van der Waals surface area contributed by atoms with Gasteiger partial charge in [0.05, 0.1) is 11.4 Å². The van der Waals surface area contributed by atoms with Crippen molar-refractivity contribution in [3.8, 4) is 0 Å². The number of sulfonamides is 1. The summed E-state index contributed by atoms with van der Waals surface area (Å²) in [4.78, 5) is 24.3. The highest BCUT2D eigenvalue weighted by atomic mass is 32.2. The van der Waals surface area contributed by atoms with E-state index in [9.17, 15) is 18.0 Å². The van der Waals surface area contributed by atoms with Gasteiger partial charge in [0.2, 0.25) is 10.0 Å². The maximum atomic E-state index is 12.3. The predicted octanol–water partition coefficient (Wildman–Crippen LogP) is 1.13. The van der Waals surface area contributed by atoms with Crippen LogP contribution in [0, 0.1) is 0 Å². The van der Waals surface area contributed by atoms with Gasteiger partial charge in [0, 0.05) is 38.3 Å². The van der Waals surface area contributed by atoms with Crippen molar-refractivity contribution < 1.29 is 13.2 Å². The number of urea groups is 1. The predicted molar refractivity (Wildman–Crippen MR) is 113 cm³/mol. The molecule has 3 heterocycles. The van der Waals surface area contributed by atoms with Crippen molar-refractivity contribution in [1.82, 2.24) is 19.7 Å². The third-order valence-electron chi connectivity index (χ3n) is 5.38. The summed E-state index contributed by atoms with van der Waals surface area (Å²) >= 11 is 0. The van der Waals surface area contributed by atoms with Gasteiger partial charge < -0.3 is 10.6 Å². The van der Waals surface area contributed by atoms with Crippen LogP contribution in [0.25, 0.3) is 0 Å². The number of aromatic nitrogens is 3. The van der Waals surface area contributed by atoms with E-state index in [0.717, 1.165) is 31.6 Å². The van der Waals surface area contributed by atoms with Gasteiger partial charge in [-0.2, -0.15) is 5.10 Å². The fourth-order valence-electron chi connectivity index (χ4n) is 3.84. The van der Waals surface area contributed by atoms with E-state index in [2.05, 4.69) is 15.7 Å². The van der Waals surface area contributed by atoms with Crippen LogP contribution in [0.5, 0.6) is 0 Å². The zero-order valence-electron chi connectivity index (χ0n) is 16.7. The molecule has 10 nitrogen and oxygen atoms in total. The summed E-state index contributed by atoms with van der Waals surface area (Å²) in [5.74, 6) is 1.02. The number of carbonyl (C=O) groups is 1. The molecular weight excluding hydrogens is 408 g/mol. The van der Waals surface area contributed by atoms with Crippen LogP contribution in [0.15, 0.2) is 29.1 Å². The molecule has 2 aliphatic heterocycles. The van der Waals surface area contributed by atoms with Crippen LogP contribution in [0.4, 0.5) is 16.2 Å². The van der Waals surface area contributed by atoms with Crippen LogP contribution in [0.3, 0.4) is 0 Å². The molecular formula is C19H26N6O4S. The summed E-state index contributed by atoms with van der Waals surface area (Å²) < 4.78 is 28.6. The molecule has 2 amide bonds. The average molecular weight is 435 g/mol. The number of amides is 2. The van der Waals surface area contributed by atoms with E-state index >= 15 is 0 Å². The van der Waals surface area contributed by atoms with E-state index < -0.39 is 10.0 Å². The highest BCUT2D eigenvalue weighted by Crippen LogP contribution is 2.25. The SMILES string of the molecule is O=C(NCCCn1nc2n(c1=O)CCCC2)Nc1ccc(N2CCCS2(=O)=O)cc1. The summed E-state index contributed by atoms with van der Waals surface area (Å²) in [5, 5.41) is 9.86. The van der Waals surface area contributed by atoms with Crippen LogP contribution >= 0.6 is 0 Å². The number of anilines is 2. The number of rotatable bonds is 6. The highest BCUT2D eigenvalue weighted by Gasteiger charge is 2.28. The molecule has 2 aromatic rings. The Kier molecular flexibility index (Phi) is 5.80. The maximum Gasteiger partial charge on any atom is 0.345 e.